The van der Waals surface area contributed by atoms with Gasteiger partial charge < -0.3 is 4.74 Å². The largest absolute Gasteiger partial charge is 0.376 e. The van der Waals surface area contributed by atoms with Crippen LogP contribution in [0, 0.1) is 0 Å². The summed E-state index contributed by atoms with van der Waals surface area (Å²) in [5, 5.41) is 0.747. The number of carbonyl (C=O) groups excluding carboxylic acids is 1. The number of hydrogen-bond donors (Lipinski definition) is 0. The van der Waals surface area contributed by atoms with E-state index in [0.29, 0.717) is 6.54 Å². The number of hydrogen-bond acceptors (Lipinski definition) is 4. The molecule has 1 aliphatic carbocycles. The monoisotopic (exact) mass is 470 g/mol. The van der Waals surface area contributed by atoms with E-state index in [4.69, 9.17) is 9.72 Å². The Morgan fingerprint density at radius 1 is 1.14 bits per heavy atom. The first-order valence-corrected chi connectivity index (χ1v) is 11.9. The van der Waals surface area contributed by atoms with Crippen molar-refractivity contribution in [3.63, 3.8) is 0 Å². The number of halogens is 1. The minimum Gasteiger partial charge on any atom is -0.376 e. The van der Waals surface area contributed by atoms with E-state index in [1.165, 1.54) is 24.0 Å². The number of thiazole rings is 1. The average Bonchev–Trinajstić information content (AvgIpc) is 3.40. The number of rotatable bonds is 4. The molecule has 29 heavy (non-hydrogen) atoms. The Labute approximate surface area is 183 Å². The van der Waals surface area contributed by atoms with Crippen LogP contribution >= 0.6 is 27.3 Å². The lowest BCUT2D eigenvalue weighted by atomic mass is 9.90. The van der Waals surface area contributed by atoms with Gasteiger partial charge in [-0.25, -0.2) is 4.98 Å². The second-order valence-corrected chi connectivity index (χ2v) is 9.77. The van der Waals surface area contributed by atoms with Crippen molar-refractivity contribution in [2.24, 2.45) is 0 Å². The van der Waals surface area contributed by atoms with Gasteiger partial charge in [-0.15, -0.1) is 0 Å². The van der Waals surface area contributed by atoms with E-state index < -0.39 is 0 Å². The molecule has 0 radical (unpaired) electrons. The standard InChI is InChI=1S/C23H23BrN2O2S/c24-18-9-10-20-21(13-18)29-23(25-20)26(14-19-6-3-11-28-19)22(27)17-8-7-15-4-1-2-5-16(15)12-17/h7-10,12-13,19H,1-6,11,14H2. The van der Waals surface area contributed by atoms with Crippen LogP contribution < -0.4 is 4.90 Å². The summed E-state index contributed by atoms with van der Waals surface area (Å²) >= 11 is 5.09. The van der Waals surface area contributed by atoms with Crippen LogP contribution in [0.15, 0.2) is 40.9 Å². The van der Waals surface area contributed by atoms with Gasteiger partial charge in [0.05, 0.1) is 22.9 Å². The molecular weight excluding hydrogens is 448 g/mol. The van der Waals surface area contributed by atoms with Gasteiger partial charge in [-0.1, -0.05) is 33.3 Å². The van der Waals surface area contributed by atoms with Crippen molar-refractivity contribution in [2.45, 2.75) is 44.6 Å². The molecule has 4 nitrogen and oxygen atoms in total. The Balaban J connectivity index is 1.51. The van der Waals surface area contributed by atoms with E-state index in [1.807, 2.05) is 23.1 Å². The Bertz CT molecular complexity index is 1060. The van der Waals surface area contributed by atoms with Gasteiger partial charge in [0.25, 0.3) is 5.91 Å². The van der Waals surface area contributed by atoms with Crippen LogP contribution in [-0.2, 0) is 17.6 Å². The van der Waals surface area contributed by atoms with Gasteiger partial charge in [-0.05, 0) is 80.0 Å². The molecule has 3 aromatic rings. The highest BCUT2D eigenvalue weighted by atomic mass is 79.9. The minimum atomic E-state index is 0.0204. The quantitative estimate of drug-likeness (QED) is 0.486. The highest BCUT2D eigenvalue weighted by Gasteiger charge is 2.27. The molecule has 5 rings (SSSR count). The predicted molar refractivity (Wildman–Crippen MR) is 121 cm³/mol. The number of fused-ring (bicyclic) bond motifs is 2. The zero-order valence-corrected chi connectivity index (χ0v) is 18.6. The van der Waals surface area contributed by atoms with Gasteiger partial charge in [-0.2, -0.15) is 0 Å². The number of nitrogens with zero attached hydrogens (tertiary/aromatic N) is 2. The van der Waals surface area contributed by atoms with Gasteiger partial charge >= 0.3 is 0 Å². The molecule has 0 saturated carbocycles. The normalized spacial score (nSPS) is 18.7. The maximum absolute atomic E-state index is 13.6. The molecule has 1 aliphatic heterocycles. The van der Waals surface area contributed by atoms with Crippen LogP contribution in [0.2, 0.25) is 0 Å². The van der Waals surface area contributed by atoms with E-state index in [1.54, 1.807) is 11.3 Å². The van der Waals surface area contributed by atoms with E-state index >= 15 is 0 Å². The van der Waals surface area contributed by atoms with E-state index in [-0.39, 0.29) is 12.0 Å². The molecule has 6 heteroatoms. The van der Waals surface area contributed by atoms with Crippen LogP contribution in [0.3, 0.4) is 0 Å². The fraction of sp³-hybridized carbons (Fsp3) is 0.391. The van der Waals surface area contributed by atoms with Gasteiger partial charge in [0, 0.05) is 16.6 Å². The third kappa shape index (κ3) is 3.98. The van der Waals surface area contributed by atoms with Crippen LogP contribution in [0.4, 0.5) is 5.13 Å². The summed E-state index contributed by atoms with van der Waals surface area (Å²) in [6.45, 7) is 1.33. The molecule has 1 unspecified atom stereocenters. The van der Waals surface area contributed by atoms with E-state index in [9.17, 15) is 4.79 Å². The Morgan fingerprint density at radius 3 is 2.83 bits per heavy atom. The molecular formula is C23H23BrN2O2S. The molecule has 1 saturated heterocycles. The molecule has 1 amide bonds. The minimum absolute atomic E-state index is 0.0204. The molecule has 0 bridgehead atoms. The zero-order chi connectivity index (χ0) is 19.8. The summed E-state index contributed by atoms with van der Waals surface area (Å²) in [5.41, 5.74) is 4.39. The van der Waals surface area contributed by atoms with Crippen molar-refractivity contribution in [1.82, 2.24) is 4.98 Å². The number of ether oxygens (including phenoxy) is 1. The van der Waals surface area contributed by atoms with Gasteiger partial charge in [0.1, 0.15) is 0 Å². The summed E-state index contributed by atoms with van der Waals surface area (Å²) in [6.07, 6.45) is 6.76. The first-order valence-electron chi connectivity index (χ1n) is 10.3. The lowest BCUT2D eigenvalue weighted by Crippen LogP contribution is -2.37. The van der Waals surface area contributed by atoms with E-state index in [2.05, 4.69) is 34.1 Å². The predicted octanol–water partition coefficient (Wildman–Crippen LogP) is 5.76. The number of anilines is 1. The zero-order valence-electron chi connectivity index (χ0n) is 16.2. The van der Waals surface area contributed by atoms with Crippen molar-refractivity contribution < 1.29 is 9.53 Å². The molecule has 0 spiro atoms. The highest BCUT2D eigenvalue weighted by Crippen LogP contribution is 2.33. The van der Waals surface area contributed by atoms with Gasteiger partial charge in [0.2, 0.25) is 0 Å². The number of aromatic nitrogens is 1. The maximum Gasteiger partial charge on any atom is 0.260 e. The van der Waals surface area contributed by atoms with Crippen LogP contribution in [0.25, 0.3) is 10.2 Å². The fourth-order valence-corrected chi connectivity index (χ4v) is 5.79. The molecule has 0 N–H and O–H groups in total. The summed E-state index contributed by atoms with van der Waals surface area (Å²) in [4.78, 5) is 20.2. The second-order valence-electron chi connectivity index (χ2n) is 7.85. The first kappa shape index (κ1) is 19.2. The SMILES string of the molecule is O=C(c1ccc2c(c1)CCCC2)N(CC1CCCO1)c1nc2ccc(Br)cc2s1. The van der Waals surface area contributed by atoms with Crippen molar-refractivity contribution in [2.75, 3.05) is 18.1 Å². The van der Waals surface area contributed by atoms with Crippen molar-refractivity contribution >= 4 is 48.5 Å². The smallest absolute Gasteiger partial charge is 0.260 e. The lowest BCUT2D eigenvalue weighted by Gasteiger charge is -2.24. The molecule has 2 heterocycles. The van der Waals surface area contributed by atoms with Crippen molar-refractivity contribution in [3.05, 3.63) is 57.6 Å². The number of aryl methyl sites for hydroxylation is 2. The van der Waals surface area contributed by atoms with Crippen LogP contribution in [-0.4, -0.2) is 30.1 Å². The molecule has 150 valence electrons. The Morgan fingerprint density at radius 2 is 2.00 bits per heavy atom. The molecule has 1 aromatic heterocycles. The van der Waals surface area contributed by atoms with Crippen LogP contribution in [0.1, 0.15) is 47.2 Å². The summed E-state index contributed by atoms with van der Waals surface area (Å²) < 4.78 is 7.94. The topological polar surface area (TPSA) is 42.4 Å². The number of carbonyl (C=O) groups is 1. The summed E-state index contributed by atoms with van der Waals surface area (Å²) in [6, 6.07) is 12.3. The molecule has 1 fully saturated rings. The van der Waals surface area contributed by atoms with Crippen molar-refractivity contribution in [3.8, 4) is 0 Å². The molecule has 2 aliphatic rings. The number of amides is 1. The number of benzene rings is 2. The third-order valence-corrected chi connectivity index (χ3v) is 7.36. The summed E-state index contributed by atoms with van der Waals surface area (Å²) in [5.74, 6) is 0.0204. The Kier molecular flexibility index (Phi) is 5.41. The maximum atomic E-state index is 13.6. The van der Waals surface area contributed by atoms with Crippen LogP contribution in [0.5, 0.6) is 0 Å². The van der Waals surface area contributed by atoms with E-state index in [0.717, 1.165) is 57.7 Å². The fourth-order valence-electron chi connectivity index (χ4n) is 4.26. The summed E-state index contributed by atoms with van der Waals surface area (Å²) in [7, 11) is 0. The molecule has 1 atom stereocenters. The molecule has 2 aromatic carbocycles. The first-order chi connectivity index (χ1) is 14.2. The highest BCUT2D eigenvalue weighted by molar-refractivity contribution is 9.10. The average molecular weight is 471 g/mol. The van der Waals surface area contributed by atoms with Crippen molar-refractivity contribution in [1.29, 1.82) is 0 Å². The van der Waals surface area contributed by atoms with Gasteiger partial charge in [0.15, 0.2) is 5.13 Å². The third-order valence-electron chi connectivity index (χ3n) is 5.82. The second kappa shape index (κ2) is 8.17. The lowest BCUT2D eigenvalue weighted by molar-refractivity contribution is 0.0917. The van der Waals surface area contributed by atoms with Gasteiger partial charge in [-0.3, -0.25) is 9.69 Å². The Hall–Kier alpha value is -1.76.